The third-order valence-corrected chi connectivity index (χ3v) is 10.2. The first-order chi connectivity index (χ1) is 13.8. The first-order valence-corrected chi connectivity index (χ1v) is 11.4. The lowest BCUT2D eigenvalue weighted by molar-refractivity contribution is -0.143. The fraction of sp³-hybridized carbons (Fsp3) is 0.792. The third kappa shape index (κ3) is 2.14. The standard InChI is InChI=1S/C24H32O5/c1-22-9-7-15(25)11-14(22)4-5-17-16(22)8-10-23(2)19(13-3-6-18(26)28-12-13)20(27)21-24(17,23)29-21/h3,6,12,14-17,19-21,25,27H,4-5,7-11H2,1-2H3/t14-,15?,16+,17+,19?,20?,21?,22+,23-,24-/m1/s1. The summed E-state index contributed by atoms with van der Waals surface area (Å²) in [6.45, 7) is 4.76. The highest BCUT2D eigenvalue weighted by atomic mass is 16.6. The highest BCUT2D eigenvalue weighted by Gasteiger charge is 2.83. The van der Waals surface area contributed by atoms with E-state index in [0.717, 1.165) is 50.5 Å². The molecule has 1 spiro atoms. The molecule has 4 saturated carbocycles. The number of epoxide rings is 1. The second kappa shape index (κ2) is 5.74. The van der Waals surface area contributed by atoms with Gasteiger partial charge in [-0.05, 0) is 79.7 Å². The molecule has 29 heavy (non-hydrogen) atoms. The molecule has 1 aliphatic heterocycles. The Kier molecular flexibility index (Phi) is 3.68. The zero-order valence-corrected chi connectivity index (χ0v) is 17.3. The van der Waals surface area contributed by atoms with Crippen molar-refractivity contribution in [3.05, 3.63) is 34.4 Å². The molecule has 5 aliphatic rings. The largest absolute Gasteiger partial charge is 0.431 e. The predicted octanol–water partition coefficient (Wildman–Crippen LogP) is 3.23. The lowest BCUT2D eigenvalue weighted by Crippen LogP contribution is -2.58. The lowest BCUT2D eigenvalue weighted by Gasteiger charge is -2.61. The van der Waals surface area contributed by atoms with Gasteiger partial charge in [0.25, 0.3) is 0 Å². The van der Waals surface area contributed by atoms with E-state index in [1.54, 1.807) is 6.26 Å². The van der Waals surface area contributed by atoms with Crippen LogP contribution in [0, 0.1) is 28.6 Å². The van der Waals surface area contributed by atoms with Crippen molar-refractivity contribution in [2.45, 2.75) is 88.6 Å². The summed E-state index contributed by atoms with van der Waals surface area (Å²) in [5.41, 5.74) is 0.457. The van der Waals surface area contributed by atoms with Gasteiger partial charge >= 0.3 is 5.63 Å². The first-order valence-electron chi connectivity index (χ1n) is 11.4. The number of fused-ring (bicyclic) bond motifs is 3. The molecule has 0 radical (unpaired) electrons. The molecular formula is C24H32O5. The van der Waals surface area contributed by atoms with Crippen LogP contribution in [0.1, 0.15) is 70.3 Å². The van der Waals surface area contributed by atoms with Gasteiger partial charge in [-0.1, -0.05) is 13.8 Å². The molecule has 6 rings (SSSR count). The Labute approximate surface area is 171 Å². The zero-order valence-electron chi connectivity index (χ0n) is 17.3. The van der Waals surface area contributed by atoms with Gasteiger partial charge in [0.05, 0.1) is 18.5 Å². The van der Waals surface area contributed by atoms with Crippen LogP contribution >= 0.6 is 0 Å². The van der Waals surface area contributed by atoms with Crippen molar-refractivity contribution >= 4 is 0 Å². The number of hydrogen-bond acceptors (Lipinski definition) is 5. The minimum atomic E-state index is -0.551. The molecule has 5 fully saturated rings. The monoisotopic (exact) mass is 400 g/mol. The molecule has 4 unspecified atom stereocenters. The van der Waals surface area contributed by atoms with Crippen molar-refractivity contribution < 1.29 is 19.4 Å². The Morgan fingerprint density at radius 2 is 1.86 bits per heavy atom. The van der Waals surface area contributed by atoms with E-state index < -0.39 is 6.10 Å². The van der Waals surface area contributed by atoms with Crippen molar-refractivity contribution in [2.24, 2.45) is 28.6 Å². The molecule has 1 aromatic rings. The number of hydrogen-bond donors (Lipinski definition) is 2. The lowest BCUT2D eigenvalue weighted by atomic mass is 9.44. The van der Waals surface area contributed by atoms with Gasteiger partial charge in [0.2, 0.25) is 0 Å². The molecule has 2 heterocycles. The highest BCUT2D eigenvalue weighted by molar-refractivity contribution is 5.38. The molecule has 10 atom stereocenters. The van der Waals surface area contributed by atoms with Crippen molar-refractivity contribution in [2.75, 3.05) is 0 Å². The van der Waals surface area contributed by atoms with Crippen molar-refractivity contribution in [3.63, 3.8) is 0 Å². The Bertz CT molecular complexity index is 875. The minimum Gasteiger partial charge on any atom is -0.431 e. The molecular weight excluding hydrogens is 368 g/mol. The third-order valence-electron chi connectivity index (χ3n) is 10.2. The molecule has 1 saturated heterocycles. The summed E-state index contributed by atoms with van der Waals surface area (Å²) in [5, 5.41) is 21.5. The van der Waals surface area contributed by atoms with E-state index in [-0.39, 0.29) is 40.2 Å². The van der Waals surface area contributed by atoms with Crippen LogP contribution in [-0.4, -0.2) is 34.1 Å². The second-order valence-corrected chi connectivity index (χ2v) is 11.1. The predicted molar refractivity (Wildman–Crippen MR) is 106 cm³/mol. The van der Waals surface area contributed by atoms with Gasteiger partial charge in [-0.15, -0.1) is 0 Å². The number of ether oxygens (including phenoxy) is 1. The van der Waals surface area contributed by atoms with Crippen molar-refractivity contribution in [3.8, 4) is 0 Å². The molecule has 2 N–H and O–H groups in total. The first kappa shape index (κ1) is 18.6. The Morgan fingerprint density at radius 1 is 1.03 bits per heavy atom. The normalized spacial score (nSPS) is 55.4. The van der Waals surface area contributed by atoms with Gasteiger partial charge < -0.3 is 19.4 Å². The Morgan fingerprint density at radius 3 is 2.62 bits per heavy atom. The van der Waals surface area contributed by atoms with E-state index in [2.05, 4.69) is 13.8 Å². The quantitative estimate of drug-likeness (QED) is 0.707. The second-order valence-electron chi connectivity index (χ2n) is 11.1. The van der Waals surface area contributed by atoms with Gasteiger partial charge in [-0.2, -0.15) is 0 Å². The Hall–Kier alpha value is -1.17. The fourth-order valence-electron chi connectivity index (χ4n) is 8.81. The van der Waals surface area contributed by atoms with E-state index in [9.17, 15) is 15.0 Å². The van der Waals surface area contributed by atoms with Crippen LogP contribution in [0.5, 0.6) is 0 Å². The average molecular weight is 401 g/mol. The van der Waals surface area contributed by atoms with Crippen LogP contribution in [0.3, 0.4) is 0 Å². The van der Waals surface area contributed by atoms with Crippen LogP contribution in [0.15, 0.2) is 27.6 Å². The van der Waals surface area contributed by atoms with E-state index in [0.29, 0.717) is 17.8 Å². The SMILES string of the molecule is C[C@]12CCC(O)C[C@H]1CC[C@H]1[C@@H]2CC[C@]2(C)C(c3ccc(=O)oc3)C(O)C3O[C@@]312. The van der Waals surface area contributed by atoms with Gasteiger partial charge in [0.15, 0.2) is 0 Å². The summed E-state index contributed by atoms with van der Waals surface area (Å²) in [4.78, 5) is 11.5. The molecule has 5 nitrogen and oxygen atoms in total. The van der Waals surface area contributed by atoms with Crippen LogP contribution in [0.2, 0.25) is 0 Å². The smallest absolute Gasteiger partial charge is 0.335 e. The number of aliphatic hydroxyl groups excluding tert-OH is 2. The molecule has 0 aromatic carbocycles. The van der Waals surface area contributed by atoms with E-state index >= 15 is 0 Å². The summed E-state index contributed by atoms with van der Waals surface area (Å²) in [6.07, 6.45) is 8.19. The minimum absolute atomic E-state index is 0.0507. The maximum atomic E-state index is 11.5. The van der Waals surface area contributed by atoms with Crippen molar-refractivity contribution in [1.82, 2.24) is 0 Å². The summed E-state index contributed by atoms with van der Waals surface area (Å²) in [5.74, 6) is 1.63. The maximum absolute atomic E-state index is 11.5. The number of aliphatic hydroxyl groups is 2. The topological polar surface area (TPSA) is 83.2 Å². The van der Waals surface area contributed by atoms with Gasteiger partial charge in [-0.3, -0.25) is 0 Å². The maximum Gasteiger partial charge on any atom is 0.335 e. The molecule has 0 bridgehead atoms. The van der Waals surface area contributed by atoms with Gasteiger partial charge in [0.1, 0.15) is 11.7 Å². The summed E-state index contributed by atoms with van der Waals surface area (Å²) in [6, 6.07) is 3.30. The van der Waals surface area contributed by atoms with Gasteiger partial charge in [-0.25, -0.2) is 4.79 Å². The molecule has 158 valence electrons. The molecule has 0 amide bonds. The Balaban J connectivity index is 1.38. The number of rotatable bonds is 1. The molecule has 5 heteroatoms. The van der Waals surface area contributed by atoms with Crippen molar-refractivity contribution in [1.29, 1.82) is 0 Å². The molecule has 4 aliphatic carbocycles. The van der Waals surface area contributed by atoms with Crippen LogP contribution in [0.25, 0.3) is 0 Å². The molecule has 1 aromatic heterocycles. The van der Waals surface area contributed by atoms with Crippen LogP contribution in [-0.2, 0) is 4.74 Å². The summed E-state index contributed by atoms with van der Waals surface area (Å²) in [7, 11) is 0. The van der Waals surface area contributed by atoms with E-state index in [1.165, 1.54) is 6.07 Å². The fourth-order valence-corrected chi connectivity index (χ4v) is 8.81. The van der Waals surface area contributed by atoms with Gasteiger partial charge in [0, 0.05) is 17.4 Å². The summed E-state index contributed by atoms with van der Waals surface area (Å²) < 4.78 is 11.6. The highest BCUT2D eigenvalue weighted by Crippen LogP contribution is 2.77. The van der Waals surface area contributed by atoms with Crippen LogP contribution < -0.4 is 5.63 Å². The van der Waals surface area contributed by atoms with Crippen LogP contribution in [0.4, 0.5) is 0 Å². The zero-order chi connectivity index (χ0) is 20.2. The van der Waals surface area contributed by atoms with E-state index in [1.807, 2.05) is 6.07 Å². The summed E-state index contributed by atoms with van der Waals surface area (Å²) >= 11 is 0. The van der Waals surface area contributed by atoms with E-state index in [4.69, 9.17) is 9.15 Å². The average Bonchev–Trinajstić information content (AvgIpc) is 3.40.